The van der Waals surface area contributed by atoms with Gasteiger partial charge in [-0.1, -0.05) is 54.6 Å². The molecule has 1 aromatic heterocycles. The van der Waals surface area contributed by atoms with Gasteiger partial charge in [0.25, 0.3) is 0 Å². The molecule has 3 fully saturated rings. The molecule has 2 aromatic carbocycles. The van der Waals surface area contributed by atoms with Crippen LogP contribution in [0.4, 0.5) is 5.69 Å². The lowest BCUT2D eigenvalue weighted by atomic mass is 9.65. The smallest absolute Gasteiger partial charge is 0.248 e. The van der Waals surface area contributed by atoms with E-state index in [4.69, 9.17) is 0 Å². The van der Waals surface area contributed by atoms with E-state index in [9.17, 15) is 19.5 Å². The second-order valence-corrected chi connectivity index (χ2v) is 13.5. The van der Waals surface area contributed by atoms with E-state index in [2.05, 4.69) is 30.4 Å². The molecule has 2 bridgehead atoms. The van der Waals surface area contributed by atoms with E-state index in [1.54, 1.807) is 50.2 Å². The summed E-state index contributed by atoms with van der Waals surface area (Å²) in [6, 6.07) is 15.5. The Morgan fingerprint density at radius 3 is 2.52 bits per heavy atom. The molecule has 11 heteroatoms. The van der Waals surface area contributed by atoms with E-state index >= 15 is 0 Å². The molecule has 4 heterocycles. The number of carbonyl (C=O) groups is 3. The van der Waals surface area contributed by atoms with Gasteiger partial charge in [0, 0.05) is 24.0 Å². The first-order valence-electron chi connectivity index (χ1n) is 15.0. The summed E-state index contributed by atoms with van der Waals surface area (Å²) < 4.78 is 0.841. The van der Waals surface area contributed by atoms with Crippen LogP contribution >= 0.6 is 11.8 Å². The Morgan fingerprint density at radius 1 is 1.11 bits per heavy atom. The number of amides is 3. The molecule has 10 nitrogen and oxygen atoms in total. The fourth-order valence-corrected chi connectivity index (χ4v) is 9.95. The summed E-state index contributed by atoms with van der Waals surface area (Å²) in [5, 5.41) is 18.7. The summed E-state index contributed by atoms with van der Waals surface area (Å²) in [4.78, 5) is 48.7. The number of para-hydroxylation sites is 2. The van der Waals surface area contributed by atoms with Crippen LogP contribution in [0.1, 0.15) is 20.3 Å². The number of aromatic nitrogens is 3. The molecule has 6 rings (SSSR count). The second-order valence-electron chi connectivity index (χ2n) is 12.0. The topological polar surface area (TPSA) is 112 Å². The van der Waals surface area contributed by atoms with Crippen LogP contribution in [0, 0.1) is 17.8 Å². The summed E-state index contributed by atoms with van der Waals surface area (Å²) in [5.41, 5.74) is 2.24. The quantitative estimate of drug-likeness (QED) is 0.330. The molecule has 0 radical (unpaired) electrons. The fraction of sp³-hybridized carbons (Fsp3) is 0.424. The minimum atomic E-state index is -0.871. The van der Waals surface area contributed by atoms with Crippen molar-refractivity contribution in [2.75, 3.05) is 24.6 Å². The third-order valence-electron chi connectivity index (χ3n) is 9.47. The number of hydrogen-bond donors (Lipinski definition) is 1. The Bertz CT molecular complexity index is 1600. The maximum atomic E-state index is 14.8. The number of fused-ring (bicyclic) bond motifs is 2. The van der Waals surface area contributed by atoms with Crippen molar-refractivity contribution in [2.45, 2.75) is 49.0 Å². The third-order valence-corrected chi connectivity index (χ3v) is 11.5. The highest BCUT2D eigenvalue weighted by molar-refractivity contribution is 8.02. The Labute approximate surface area is 261 Å². The lowest BCUT2D eigenvalue weighted by Crippen LogP contribution is -2.59. The van der Waals surface area contributed by atoms with Crippen molar-refractivity contribution in [3.8, 4) is 0 Å². The van der Waals surface area contributed by atoms with Gasteiger partial charge < -0.3 is 19.8 Å². The average molecular weight is 615 g/mol. The summed E-state index contributed by atoms with van der Waals surface area (Å²) in [7, 11) is 0. The first kappa shape index (κ1) is 30.1. The molecule has 1 spiro atoms. The van der Waals surface area contributed by atoms with Crippen LogP contribution in [0.5, 0.6) is 0 Å². The van der Waals surface area contributed by atoms with Crippen molar-refractivity contribution in [1.82, 2.24) is 24.8 Å². The van der Waals surface area contributed by atoms with Gasteiger partial charge in [0.2, 0.25) is 17.7 Å². The molecule has 3 aromatic rings. The maximum absolute atomic E-state index is 14.8. The lowest BCUT2D eigenvalue weighted by Gasteiger charge is -2.41. The van der Waals surface area contributed by atoms with Crippen LogP contribution in [0.2, 0.25) is 0 Å². The van der Waals surface area contributed by atoms with Crippen LogP contribution in [0.3, 0.4) is 0 Å². The summed E-state index contributed by atoms with van der Waals surface area (Å²) in [5.74, 6) is -1.96. The number of anilines is 1. The highest BCUT2D eigenvalue weighted by Crippen LogP contribution is 2.69. The molecule has 3 aliphatic heterocycles. The SMILES string of the molecule is C=CCN(Cn1nnc2ccccc21)C(=O)C1N([C@H](C)CO)C(=O)[C@@H]2[C@@H](C(=O)N(CC=C)c3ccccc3)[C@H]3CC(C)C12S3. The highest BCUT2D eigenvalue weighted by atomic mass is 32.2. The number of aliphatic hydroxyl groups is 1. The molecular formula is C33H38N6O4S. The number of hydrogen-bond acceptors (Lipinski definition) is 7. The zero-order valence-electron chi connectivity index (χ0n) is 25.0. The number of benzene rings is 2. The summed E-state index contributed by atoms with van der Waals surface area (Å²) in [6.45, 7) is 11.9. The van der Waals surface area contributed by atoms with E-state index in [1.165, 1.54) is 0 Å². The standard InChI is InChI=1S/C33H38N6O4S/c1-5-16-36(20-38-25-15-11-10-14-24(25)34-35-38)32(43)29-33-21(3)18-26(44-33)27(28(33)31(42)39(29)22(4)19-40)30(41)37(17-6-2)23-12-8-7-9-13-23/h5-15,21-22,26-29,40H,1-2,16-20H2,3-4H3/t21?,22-,26-,27+,28+,29?,33?/m1/s1. The van der Waals surface area contributed by atoms with E-state index < -0.39 is 28.7 Å². The van der Waals surface area contributed by atoms with Gasteiger partial charge in [0.05, 0.1) is 34.7 Å². The molecule has 230 valence electrons. The van der Waals surface area contributed by atoms with Crippen molar-refractivity contribution in [3.63, 3.8) is 0 Å². The first-order chi connectivity index (χ1) is 21.3. The summed E-state index contributed by atoms with van der Waals surface area (Å²) >= 11 is 1.62. The fourth-order valence-electron chi connectivity index (χ4n) is 7.55. The monoisotopic (exact) mass is 614 g/mol. The van der Waals surface area contributed by atoms with Crippen LogP contribution in [-0.2, 0) is 21.1 Å². The minimum Gasteiger partial charge on any atom is -0.394 e. The van der Waals surface area contributed by atoms with E-state index in [-0.39, 0.29) is 48.7 Å². The molecule has 3 aliphatic rings. The molecule has 44 heavy (non-hydrogen) atoms. The van der Waals surface area contributed by atoms with Crippen LogP contribution in [-0.4, -0.2) is 89.4 Å². The molecular weight excluding hydrogens is 576 g/mol. The van der Waals surface area contributed by atoms with Crippen LogP contribution in [0.25, 0.3) is 11.0 Å². The highest BCUT2D eigenvalue weighted by Gasteiger charge is 2.76. The number of thioether (sulfide) groups is 1. The van der Waals surface area contributed by atoms with Gasteiger partial charge in [-0.2, -0.15) is 0 Å². The van der Waals surface area contributed by atoms with Crippen molar-refractivity contribution in [1.29, 1.82) is 0 Å². The molecule has 1 N–H and O–H groups in total. The average Bonchev–Trinajstić information content (AvgIpc) is 3.76. The van der Waals surface area contributed by atoms with Crippen molar-refractivity contribution in [3.05, 3.63) is 79.9 Å². The Kier molecular flexibility index (Phi) is 8.10. The Balaban J connectivity index is 1.41. The van der Waals surface area contributed by atoms with Gasteiger partial charge >= 0.3 is 0 Å². The second kappa shape index (κ2) is 11.9. The number of aliphatic hydroxyl groups excluding tert-OH is 1. The number of likely N-dealkylation sites (tertiary alicyclic amines) is 1. The molecule has 3 saturated heterocycles. The Hall–Kier alpha value is -3.96. The predicted molar refractivity (Wildman–Crippen MR) is 170 cm³/mol. The minimum absolute atomic E-state index is 0.0114. The first-order valence-corrected chi connectivity index (χ1v) is 15.9. The largest absolute Gasteiger partial charge is 0.394 e. The number of carbonyl (C=O) groups excluding carboxylic acids is 3. The number of nitrogens with zero attached hydrogens (tertiary/aromatic N) is 6. The van der Waals surface area contributed by atoms with Gasteiger partial charge in [-0.25, -0.2) is 4.68 Å². The molecule has 3 amide bonds. The van der Waals surface area contributed by atoms with E-state index in [0.717, 1.165) is 11.2 Å². The maximum Gasteiger partial charge on any atom is 0.248 e. The van der Waals surface area contributed by atoms with Gasteiger partial charge in [-0.15, -0.1) is 30.0 Å². The van der Waals surface area contributed by atoms with Crippen LogP contribution in [0.15, 0.2) is 79.9 Å². The summed E-state index contributed by atoms with van der Waals surface area (Å²) in [6.07, 6.45) is 4.06. The van der Waals surface area contributed by atoms with E-state index in [0.29, 0.717) is 18.5 Å². The van der Waals surface area contributed by atoms with Crippen molar-refractivity contribution >= 4 is 46.2 Å². The Morgan fingerprint density at radius 2 is 1.82 bits per heavy atom. The third kappa shape index (κ3) is 4.56. The molecule has 0 aliphatic carbocycles. The van der Waals surface area contributed by atoms with Crippen molar-refractivity contribution < 1.29 is 19.5 Å². The zero-order chi connectivity index (χ0) is 31.2. The molecule has 0 saturated carbocycles. The van der Waals surface area contributed by atoms with Gasteiger partial charge in [-0.3, -0.25) is 14.4 Å². The van der Waals surface area contributed by atoms with Crippen LogP contribution < -0.4 is 4.90 Å². The van der Waals surface area contributed by atoms with E-state index in [1.807, 2.05) is 54.6 Å². The van der Waals surface area contributed by atoms with Gasteiger partial charge in [-0.05, 0) is 43.5 Å². The van der Waals surface area contributed by atoms with Gasteiger partial charge in [0.1, 0.15) is 18.2 Å². The number of rotatable bonds is 11. The van der Waals surface area contributed by atoms with Crippen molar-refractivity contribution in [2.24, 2.45) is 17.8 Å². The molecule has 3 unspecified atom stereocenters. The predicted octanol–water partition coefficient (Wildman–Crippen LogP) is 3.34. The lowest BCUT2D eigenvalue weighted by molar-refractivity contribution is -0.146. The zero-order valence-corrected chi connectivity index (χ0v) is 25.8. The van der Waals surface area contributed by atoms with Gasteiger partial charge in [0.15, 0.2) is 0 Å². The normalized spacial score (nSPS) is 27.8. The molecule has 7 atom stereocenters.